The predicted octanol–water partition coefficient (Wildman–Crippen LogP) is 2.13. The van der Waals surface area contributed by atoms with Crippen LogP contribution in [-0.4, -0.2) is 31.0 Å². The third-order valence-electron chi connectivity index (χ3n) is 3.38. The lowest BCUT2D eigenvalue weighted by molar-refractivity contribution is 0.531. The molecule has 0 atom stereocenters. The second-order valence-corrected chi connectivity index (χ2v) is 4.61. The van der Waals surface area contributed by atoms with Gasteiger partial charge in [0.2, 0.25) is 0 Å². The fraction of sp³-hybridized carbons (Fsp3) is 0.357. The van der Waals surface area contributed by atoms with Crippen LogP contribution in [-0.2, 0) is 6.54 Å². The Morgan fingerprint density at radius 2 is 2.22 bits per heavy atom. The van der Waals surface area contributed by atoms with Gasteiger partial charge in [-0.1, -0.05) is 18.2 Å². The van der Waals surface area contributed by atoms with Crippen molar-refractivity contribution in [2.45, 2.75) is 13.5 Å². The van der Waals surface area contributed by atoms with E-state index < -0.39 is 0 Å². The highest BCUT2D eigenvalue weighted by atomic mass is 16.3. The average molecular weight is 243 g/mol. The fourth-order valence-corrected chi connectivity index (χ4v) is 2.33. The second kappa shape index (κ2) is 4.37. The molecule has 4 heteroatoms. The zero-order valence-electron chi connectivity index (χ0n) is 10.7. The van der Waals surface area contributed by atoms with Gasteiger partial charge in [0.25, 0.3) is 0 Å². The quantitative estimate of drug-likeness (QED) is 0.878. The molecule has 0 saturated carbocycles. The monoisotopic (exact) mass is 243 g/mol. The van der Waals surface area contributed by atoms with Crippen molar-refractivity contribution in [1.82, 2.24) is 10.2 Å². The topological polar surface area (TPSA) is 40.8 Å². The van der Waals surface area contributed by atoms with Crippen LogP contribution in [0.5, 0.6) is 0 Å². The first-order chi connectivity index (χ1) is 8.75. The number of hydrogen-bond donors (Lipinski definition) is 1. The lowest BCUT2D eigenvalue weighted by Gasteiger charge is -2.15. The van der Waals surface area contributed by atoms with Crippen molar-refractivity contribution in [1.29, 1.82) is 0 Å². The van der Waals surface area contributed by atoms with E-state index >= 15 is 0 Å². The average Bonchev–Trinajstić information content (AvgIpc) is 2.90. The van der Waals surface area contributed by atoms with E-state index in [1.54, 1.807) is 0 Å². The summed E-state index contributed by atoms with van der Waals surface area (Å²) in [5.74, 6) is 1.95. The molecule has 1 N–H and O–H groups in total. The van der Waals surface area contributed by atoms with Crippen molar-refractivity contribution in [2.24, 2.45) is 4.99 Å². The first kappa shape index (κ1) is 11.1. The smallest absolute Gasteiger partial charge is 0.194 e. The van der Waals surface area contributed by atoms with E-state index in [4.69, 9.17) is 4.42 Å². The molecule has 0 fully saturated rings. The van der Waals surface area contributed by atoms with E-state index in [-0.39, 0.29) is 0 Å². The lowest BCUT2D eigenvalue weighted by atomic mass is 10.1. The van der Waals surface area contributed by atoms with Crippen molar-refractivity contribution >= 4 is 16.9 Å². The van der Waals surface area contributed by atoms with Gasteiger partial charge in [-0.3, -0.25) is 4.99 Å². The summed E-state index contributed by atoms with van der Waals surface area (Å²) in [4.78, 5) is 6.56. The number of nitrogens with one attached hydrogen (secondary N) is 1. The maximum atomic E-state index is 5.75. The molecule has 4 nitrogen and oxygen atoms in total. The number of guanidine groups is 1. The Morgan fingerprint density at radius 3 is 3.00 bits per heavy atom. The van der Waals surface area contributed by atoms with Crippen LogP contribution in [0.4, 0.5) is 0 Å². The number of para-hydroxylation sites is 1. The fourth-order valence-electron chi connectivity index (χ4n) is 2.33. The number of hydrogen-bond acceptors (Lipinski definition) is 4. The van der Waals surface area contributed by atoms with Crippen molar-refractivity contribution in [3.63, 3.8) is 0 Å². The van der Waals surface area contributed by atoms with E-state index in [0.717, 1.165) is 36.9 Å². The Bertz CT molecular complexity index is 600. The molecule has 2 aromatic rings. The number of nitrogens with zero attached hydrogens (tertiary/aromatic N) is 2. The molecular formula is C14H17N3O. The Morgan fingerprint density at radius 1 is 1.39 bits per heavy atom. The molecule has 1 aliphatic rings. The van der Waals surface area contributed by atoms with Crippen LogP contribution in [0.1, 0.15) is 11.3 Å². The number of aliphatic imine (C=N–C) groups is 1. The summed E-state index contributed by atoms with van der Waals surface area (Å²) in [6.45, 7) is 4.64. The number of aryl methyl sites for hydroxylation is 1. The summed E-state index contributed by atoms with van der Waals surface area (Å²) in [5, 5.41) is 4.57. The molecule has 0 aliphatic carbocycles. The van der Waals surface area contributed by atoms with E-state index in [1.165, 1.54) is 10.9 Å². The van der Waals surface area contributed by atoms with E-state index in [1.807, 2.05) is 25.1 Å². The van der Waals surface area contributed by atoms with Gasteiger partial charge in [-0.25, -0.2) is 0 Å². The van der Waals surface area contributed by atoms with Gasteiger partial charge in [-0.2, -0.15) is 0 Å². The van der Waals surface area contributed by atoms with Crippen molar-refractivity contribution in [3.05, 3.63) is 35.6 Å². The normalized spacial score (nSPS) is 15.2. The minimum absolute atomic E-state index is 0.756. The lowest BCUT2D eigenvalue weighted by Crippen LogP contribution is -2.35. The van der Waals surface area contributed by atoms with Gasteiger partial charge in [0.15, 0.2) is 5.96 Å². The molecular weight excluding hydrogens is 226 g/mol. The van der Waals surface area contributed by atoms with Gasteiger partial charge in [0.1, 0.15) is 11.3 Å². The summed E-state index contributed by atoms with van der Waals surface area (Å²) in [6, 6.07) is 8.14. The molecule has 0 radical (unpaired) electrons. The summed E-state index contributed by atoms with van der Waals surface area (Å²) in [5.41, 5.74) is 2.17. The SMILES string of the molecule is Cc1oc2ccccc2c1CNC1=NCCN1C. The van der Waals surface area contributed by atoms with Crippen LogP contribution >= 0.6 is 0 Å². The Kier molecular flexibility index (Phi) is 2.70. The zero-order valence-corrected chi connectivity index (χ0v) is 10.7. The third-order valence-corrected chi connectivity index (χ3v) is 3.38. The zero-order chi connectivity index (χ0) is 12.5. The molecule has 0 unspecified atom stereocenters. The maximum absolute atomic E-state index is 5.75. The molecule has 0 amide bonds. The number of rotatable bonds is 2. The molecule has 1 aromatic heterocycles. The Labute approximate surface area is 106 Å². The molecule has 3 rings (SSSR count). The highest BCUT2D eigenvalue weighted by molar-refractivity contribution is 5.84. The predicted molar refractivity (Wildman–Crippen MR) is 72.7 cm³/mol. The molecule has 2 heterocycles. The van der Waals surface area contributed by atoms with Gasteiger partial charge in [-0.15, -0.1) is 0 Å². The summed E-state index contributed by atoms with van der Waals surface area (Å²) in [7, 11) is 2.05. The van der Waals surface area contributed by atoms with Crippen molar-refractivity contribution < 1.29 is 4.42 Å². The van der Waals surface area contributed by atoms with E-state index in [2.05, 4.69) is 28.3 Å². The van der Waals surface area contributed by atoms with Crippen molar-refractivity contribution in [3.8, 4) is 0 Å². The molecule has 1 aromatic carbocycles. The van der Waals surface area contributed by atoms with Gasteiger partial charge in [-0.05, 0) is 13.0 Å². The Hall–Kier alpha value is -1.97. The minimum Gasteiger partial charge on any atom is -0.461 e. The highest BCUT2D eigenvalue weighted by Gasteiger charge is 2.14. The van der Waals surface area contributed by atoms with E-state index in [9.17, 15) is 0 Å². The highest BCUT2D eigenvalue weighted by Crippen LogP contribution is 2.24. The van der Waals surface area contributed by atoms with Gasteiger partial charge >= 0.3 is 0 Å². The molecule has 0 saturated heterocycles. The van der Waals surface area contributed by atoms with Gasteiger partial charge < -0.3 is 14.6 Å². The largest absolute Gasteiger partial charge is 0.461 e. The molecule has 1 aliphatic heterocycles. The Balaban J connectivity index is 1.84. The summed E-state index contributed by atoms with van der Waals surface area (Å²) < 4.78 is 5.75. The number of benzene rings is 1. The molecule has 0 spiro atoms. The van der Waals surface area contributed by atoms with Crippen LogP contribution in [0, 0.1) is 6.92 Å². The third kappa shape index (κ3) is 1.83. The van der Waals surface area contributed by atoms with Crippen LogP contribution in [0.15, 0.2) is 33.7 Å². The van der Waals surface area contributed by atoms with Gasteiger partial charge in [0.05, 0.1) is 6.54 Å². The number of furan rings is 1. The maximum Gasteiger partial charge on any atom is 0.194 e. The minimum atomic E-state index is 0.756. The summed E-state index contributed by atoms with van der Waals surface area (Å²) in [6.07, 6.45) is 0. The molecule has 18 heavy (non-hydrogen) atoms. The number of fused-ring (bicyclic) bond motifs is 1. The molecule has 0 bridgehead atoms. The van der Waals surface area contributed by atoms with Crippen LogP contribution in [0.3, 0.4) is 0 Å². The number of likely N-dealkylation sites (N-methyl/N-ethyl adjacent to an activating group) is 1. The van der Waals surface area contributed by atoms with Crippen LogP contribution in [0.2, 0.25) is 0 Å². The second-order valence-electron chi connectivity index (χ2n) is 4.61. The summed E-state index contributed by atoms with van der Waals surface area (Å²) >= 11 is 0. The van der Waals surface area contributed by atoms with Gasteiger partial charge in [0, 0.05) is 31.1 Å². The van der Waals surface area contributed by atoms with Crippen LogP contribution < -0.4 is 5.32 Å². The van der Waals surface area contributed by atoms with Crippen LogP contribution in [0.25, 0.3) is 11.0 Å². The standard InChI is InChI=1S/C14H17N3O/c1-10-12(9-16-14-15-7-8-17(14)2)11-5-3-4-6-13(11)18-10/h3-6H,7-9H2,1-2H3,(H,15,16). The molecule has 94 valence electrons. The van der Waals surface area contributed by atoms with Crippen molar-refractivity contribution in [2.75, 3.05) is 20.1 Å². The first-order valence-corrected chi connectivity index (χ1v) is 6.22. The first-order valence-electron chi connectivity index (χ1n) is 6.22. The van der Waals surface area contributed by atoms with E-state index in [0.29, 0.717) is 0 Å².